The molecule has 222 valence electrons. The number of nitrogens with two attached hydrogens (primary N) is 1. The third-order valence-electron chi connectivity index (χ3n) is 6.86. The molecule has 1 aliphatic rings. The summed E-state index contributed by atoms with van der Waals surface area (Å²) >= 11 is 1.44. The molecule has 0 aliphatic carbocycles. The number of hydrogen-bond donors (Lipinski definition) is 2. The minimum absolute atomic E-state index is 0.271. The fraction of sp³-hybridized carbons (Fsp3) is 0.480. The number of primary sulfonamides is 1. The third kappa shape index (κ3) is 7.90. The van der Waals surface area contributed by atoms with Gasteiger partial charge in [0.25, 0.3) is 9.84 Å². The van der Waals surface area contributed by atoms with Crippen molar-refractivity contribution in [2.75, 3.05) is 37.8 Å². The molecule has 2 aromatic carbocycles. The van der Waals surface area contributed by atoms with Gasteiger partial charge in [-0.05, 0) is 69.6 Å². The number of anilines is 1. The largest absolute Gasteiger partial charge is 0.501 e. The van der Waals surface area contributed by atoms with Crippen LogP contribution in [0, 0.1) is 5.41 Å². The lowest BCUT2D eigenvalue weighted by molar-refractivity contribution is -0.154. The van der Waals surface area contributed by atoms with E-state index in [0.717, 1.165) is 17.0 Å². The van der Waals surface area contributed by atoms with E-state index in [1.807, 2.05) is 37.3 Å². The second-order valence-electron chi connectivity index (χ2n) is 9.80. The van der Waals surface area contributed by atoms with Gasteiger partial charge in [-0.25, -0.2) is 22.0 Å². The predicted octanol–water partition coefficient (Wildman–Crippen LogP) is 3.87. The van der Waals surface area contributed by atoms with Crippen LogP contribution in [0.1, 0.15) is 26.2 Å². The Kier molecular flexibility index (Phi) is 10.2. The van der Waals surface area contributed by atoms with Crippen LogP contribution in [0.15, 0.2) is 63.2 Å². The fourth-order valence-corrected chi connectivity index (χ4v) is 6.89. The number of esters is 1. The standard InChI is InChI=1S/C25H32F3N3O6S3/c1-24(23(32)37-2)11-14-31(15-12-24)13-10-18(17-38-19-6-4-3-5-7-19)30-21-9-8-20(40(29,35)36)16-22(21)39(33,34)25(26,27)28/h3-9,16,18,30H,10-15,17H2,1-2H3,(H2,29,35,36). The van der Waals surface area contributed by atoms with Crippen LogP contribution in [0.5, 0.6) is 0 Å². The molecule has 15 heteroatoms. The molecule has 0 radical (unpaired) electrons. The van der Waals surface area contributed by atoms with Gasteiger partial charge >= 0.3 is 11.5 Å². The third-order valence-corrected chi connectivity index (χ3v) is 10.5. The average Bonchev–Trinajstić information content (AvgIpc) is 2.90. The quantitative estimate of drug-likeness (QED) is 0.283. The van der Waals surface area contributed by atoms with E-state index >= 15 is 0 Å². The average molecular weight is 624 g/mol. The van der Waals surface area contributed by atoms with E-state index in [0.29, 0.717) is 50.7 Å². The molecule has 0 bridgehead atoms. The molecule has 1 heterocycles. The lowest BCUT2D eigenvalue weighted by Crippen LogP contribution is -2.44. The van der Waals surface area contributed by atoms with Gasteiger partial charge in [0.05, 0.1) is 23.1 Å². The van der Waals surface area contributed by atoms with Crippen LogP contribution >= 0.6 is 11.8 Å². The van der Waals surface area contributed by atoms with Crippen molar-refractivity contribution >= 4 is 43.3 Å². The number of thioether (sulfide) groups is 1. The Bertz CT molecular complexity index is 1400. The summed E-state index contributed by atoms with van der Waals surface area (Å²) in [5.41, 5.74) is -6.62. The number of alkyl halides is 3. The number of rotatable bonds is 11. The molecule has 1 fully saturated rings. The molecule has 1 unspecified atom stereocenters. The second kappa shape index (κ2) is 12.7. The van der Waals surface area contributed by atoms with Crippen molar-refractivity contribution < 1.29 is 39.5 Å². The summed E-state index contributed by atoms with van der Waals surface area (Å²) in [6.45, 7) is 3.60. The number of benzene rings is 2. The van der Waals surface area contributed by atoms with Gasteiger partial charge in [0, 0.05) is 23.2 Å². The molecule has 0 spiro atoms. The number of halogens is 3. The monoisotopic (exact) mass is 623 g/mol. The molecule has 2 aromatic rings. The van der Waals surface area contributed by atoms with E-state index < -0.39 is 46.6 Å². The van der Waals surface area contributed by atoms with E-state index in [2.05, 4.69) is 10.2 Å². The van der Waals surface area contributed by atoms with Gasteiger partial charge in [-0.15, -0.1) is 11.8 Å². The van der Waals surface area contributed by atoms with Gasteiger partial charge in [0.2, 0.25) is 10.0 Å². The summed E-state index contributed by atoms with van der Waals surface area (Å²) in [5.74, 6) is 0.104. The summed E-state index contributed by atoms with van der Waals surface area (Å²) in [5, 5.41) is 7.98. The summed E-state index contributed by atoms with van der Waals surface area (Å²) in [7, 11) is -9.02. The molecule has 9 nitrogen and oxygen atoms in total. The number of carbonyl (C=O) groups is 1. The van der Waals surface area contributed by atoms with E-state index in [1.165, 1.54) is 18.9 Å². The lowest BCUT2D eigenvalue weighted by atomic mass is 9.80. The van der Waals surface area contributed by atoms with Crippen LogP contribution in [0.2, 0.25) is 0 Å². The minimum Gasteiger partial charge on any atom is -0.469 e. The number of likely N-dealkylation sites (tertiary alicyclic amines) is 1. The maximum absolute atomic E-state index is 13.5. The van der Waals surface area contributed by atoms with Crippen molar-refractivity contribution in [3.8, 4) is 0 Å². The van der Waals surface area contributed by atoms with Crippen LogP contribution in [0.4, 0.5) is 18.9 Å². The van der Waals surface area contributed by atoms with Crippen LogP contribution in [-0.2, 0) is 29.4 Å². The maximum Gasteiger partial charge on any atom is 0.501 e. The first-order chi connectivity index (χ1) is 18.6. The van der Waals surface area contributed by atoms with Crippen molar-refractivity contribution in [1.82, 2.24) is 4.90 Å². The summed E-state index contributed by atoms with van der Waals surface area (Å²) in [6, 6.07) is 11.2. The number of piperidine rings is 1. The Hall–Kier alpha value is -2.33. The second-order valence-corrected chi connectivity index (χ2v) is 14.4. The summed E-state index contributed by atoms with van der Waals surface area (Å²) in [6.07, 6.45) is 1.59. The zero-order chi connectivity index (χ0) is 29.8. The number of carbonyl (C=O) groups excluding carboxylic acids is 1. The number of sulfone groups is 1. The molecule has 0 saturated carbocycles. The molecule has 3 N–H and O–H groups in total. The van der Waals surface area contributed by atoms with Crippen LogP contribution in [-0.4, -0.2) is 71.8 Å². The first-order valence-corrected chi connectivity index (χ1v) is 16.3. The first-order valence-electron chi connectivity index (χ1n) is 12.3. The normalized spacial score (nSPS) is 17.2. The van der Waals surface area contributed by atoms with Crippen LogP contribution in [0.25, 0.3) is 0 Å². The molecular formula is C25H32F3N3O6S3. The number of nitrogens with zero attached hydrogens (tertiary/aromatic N) is 1. The van der Waals surface area contributed by atoms with E-state index in [-0.39, 0.29) is 11.7 Å². The van der Waals surface area contributed by atoms with Crippen LogP contribution in [0.3, 0.4) is 0 Å². The minimum atomic E-state index is -5.91. The van der Waals surface area contributed by atoms with Gasteiger partial charge in [0.15, 0.2) is 0 Å². The Balaban J connectivity index is 1.86. The summed E-state index contributed by atoms with van der Waals surface area (Å²) in [4.78, 5) is 13.2. The number of ether oxygens (including phenoxy) is 1. The van der Waals surface area contributed by atoms with Gasteiger partial charge in [-0.2, -0.15) is 13.2 Å². The lowest BCUT2D eigenvalue weighted by Gasteiger charge is -2.37. The fourth-order valence-electron chi connectivity index (χ4n) is 4.34. The van der Waals surface area contributed by atoms with Crippen molar-refractivity contribution in [2.45, 2.75) is 52.4 Å². The highest BCUT2D eigenvalue weighted by atomic mass is 32.2. The molecule has 40 heavy (non-hydrogen) atoms. The molecule has 0 aromatic heterocycles. The van der Waals surface area contributed by atoms with Crippen molar-refractivity contribution in [3.05, 3.63) is 48.5 Å². The topological polar surface area (TPSA) is 136 Å². The van der Waals surface area contributed by atoms with Gasteiger partial charge in [-0.3, -0.25) is 4.79 Å². The molecule has 0 amide bonds. The smallest absolute Gasteiger partial charge is 0.469 e. The molecule has 3 rings (SSSR count). The molecule has 1 saturated heterocycles. The molecular weight excluding hydrogens is 591 g/mol. The Labute approximate surface area is 236 Å². The van der Waals surface area contributed by atoms with Crippen molar-refractivity contribution in [3.63, 3.8) is 0 Å². The van der Waals surface area contributed by atoms with Gasteiger partial charge in [-0.1, -0.05) is 18.2 Å². The zero-order valence-electron chi connectivity index (χ0n) is 22.0. The van der Waals surface area contributed by atoms with E-state index in [9.17, 15) is 34.8 Å². The highest BCUT2D eigenvalue weighted by Crippen LogP contribution is 2.37. The highest BCUT2D eigenvalue weighted by molar-refractivity contribution is 7.99. The van der Waals surface area contributed by atoms with Crippen molar-refractivity contribution in [2.24, 2.45) is 10.6 Å². The van der Waals surface area contributed by atoms with E-state index in [4.69, 9.17) is 9.88 Å². The summed E-state index contributed by atoms with van der Waals surface area (Å²) < 4.78 is 93.9. The zero-order valence-corrected chi connectivity index (χ0v) is 24.4. The maximum atomic E-state index is 13.5. The number of sulfonamides is 1. The predicted molar refractivity (Wildman–Crippen MR) is 146 cm³/mol. The molecule has 1 atom stereocenters. The first kappa shape index (κ1) is 32.2. The highest BCUT2D eigenvalue weighted by Gasteiger charge is 2.48. The number of methoxy groups -OCH3 is 1. The Morgan fingerprint density at radius 3 is 2.30 bits per heavy atom. The van der Waals surface area contributed by atoms with E-state index in [1.54, 1.807) is 0 Å². The SMILES string of the molecule is COC(=O)C1(C)CCN(CCC(CSc2ccccc2)Nc2ccc(S(N)(=O)=O)cc2S(=O)(=O)C(F)(F)F)CC1. The van der Waals surface area contributed by atoms with Gasteiger partial charge in [0.1, 0.15) is 4.90 Å². The molecule has 1 aliphatic heterocycles. The Morgan fingerprint density at radius 2 is 1.75 bits per heavy atom. The van der Waals surface area contributed by atoms with Crippen LogP contribution < -0.4 is 10.5 Å². The number of hydrogen-bond acceptors (Lipinski definition) is 9. The number of nitrogens with one attached hydrogen (secondary N) is 1. The van der Waals surface area contributed by atoms with Gasteiger partial charge < -0.3 is 15.0 Å². The van der Waals surface area contributed by atoms with Crippen molar-refractivity contribution in [1.29, 1.82) is 0 Å². The Morgan fingerprint density at radius 1 is 1.12 bits per heavy atom.